The van der Waals surface area contributed by atoms with E-state index in [-0.39, 0.29) is 0 Å². The molecule has 4 aromatic rings. The second-order valence-electron chi connectivity index (χ2n) is 4.69. The highest BCUT2D eigenvalue weighted by Crippen LogP contribution is 2.24. The molecule has 0 unspecified atom stereocenters. The minimum Gasteiger partial charge on any atom is -0.439 e. The van der Waals surface area contributed by atoms with E-state index in [9.17, 15) is 0 Å². The third-order valence-electron chi connectivity index (χ3n) is 3.22. The summed E-state index contributed by atoms with van der Waals surface area (Å²) in [6, 6.07) is 9.55. The fraction of sp³-hybridized carbons (Fsp3) is 0.0667. The van der Waals surface area contributed by atoms with E-state index >= 15 is 0 Å². The number of nitrogens with zero attached hydrogens (tertiary/aromatic N) is 3. The average molecular weight is 296 g/mol. The van der Waals surface area contributed by atoms with Gasteiger partial charge in [-0.05, 0) is 23.6 Å². The van der Waals surface area contributed by atoms with E-state index in [2.05, 4.69) is 16.0 Å². The Labute approximate surface area is 124 Å². The van der Waals surface area contributed by atoms with Crippen molar-refractivity contribution in [2.24, 2.45) is 0 Å². The van der Waals surface area contributed by atoms with E-state index in [1.807, 2.05) is 34.3 Å². The number of aromatic nitrogens is 3. The number of hydrogen-bond acceptors (Lipinski definition) is 5. The van der Waals surface area contributed by atoms with E-state index in [0.717, 1.165) is 16.2 Å². The van der Waals surface area contributed by atoms with Crippen LogP contribution in [0.2, 0.25) is 0 Å². The lowest BCUT2D eigenvalue weighted by atomic mass is 10.3. The fourth-order valence-electron chi connectivity index (χ4n) is 2.27. The van der Waals surface area contributed by atoms with E-state index in [0.29, 0.717) is 23.7 Å². The molecule has 0 fully saturated rings. The molecule has 3 heterocycles. The zero-order valence-corrected chi connectivity index (χ0v) is 11.9. The van der Waals surface area contributed by atoms with Gasteiger partial charge in [0.2, 0.25) is 5.89 Å². The summed E-state index contributed by atoms with van der Waals surface area (Å²) in [4.78, 5) is 10.0. The van der Waals surface area contributed by atoms with Crippen molar-refractivity contribution in [3.63, 3.8) is 0 Å². The number of thiophene rings is 1. The van der Waals surface area contributed by atoms with Crippen LogP contribution in [0.3, 0.4) is 0 Å². The van der Waals surface area contributed by atoms with Gasteiger partial charge in [-0.1, -0.05) is 6.07 Å². The highest BCUT2D eigenvalue weighted by Gasteiger charge is 2.11. The Morgan fingerprint density at radius 2 is 2.24 bits per heavy atom. The van der Waals surface area contributed by atoms with Gasteiger partial charge in [0, 0.05) is 24.1 Å². The summed E-state index contributed by atoms with van der Waals surface area (Å²) in [5, 5.41) is 2.04. The molecule has 0 radical (unpaired) electrons. The quantitative estimate of drug-likeness (QED) is 0.588. The minimum absolute atomic E-state index is 0.543. The molecule has 6 heteroatoms. The van der Waals surface area contributed by atoms with Crippen molar-refractivity contribution in [2.75, 3.05) is 5.73 Å². The molecule has 5 nitrogen and oxygen atoms in total. The SMILES string of the molecule is Nc1ccc2nc(Cn3ccnc3-c3cccs3)oc2c1. The van der Waals surface area contributed by atoms with Gasteiger partial charge in [0.1, 0.15) is 17.9 Å². The first kappa shape index (κ1) is 12.2. The summed E-state index contributed by atoms with van der Waals surface area (Å²) in [7, 11) is 0. The molecule has 0 atom stereocenters. The van der Waals surface area contributed by atoms with E-state index in [4.69, 9.17) is 10.2 Å². The molecule has 0 bridgehead atoms. The Morgan fingerprint density at radius 3 is 3.10 bits per heavy atom. The third kappa shape index (κ3) is 2.19. The Hall–Kier alpha value is -2.60. The van der Waals surface area contributed by atoms with Crippen LogP contribution < -0.4 is 5.73 Å². The predicted octanol–water partition coefficient (Wildman–Crippen LogP) is 3.38. The lowest BCUT2D eigenvalue weighted by Crippen LogP contribution is -2.00. The maximum atomic E-state index is 5.76. The molecule has 4 rings (SSSR count). The van der Waals surface area contributed by atoms with Gasteiger partial charge < -0.3 is 14.7 Å². The van der Waals surface area contributed by atoms with Gasteiger partial charge in [-0.25, -0.2) is 9.97 Å². The maximum Gasteiger partial charge on any atom is 0.215 e. The molecular weight excluding hydrogens is 284 g/mol. The number of oxazole rings is 1. The molecule has 0 aliphatic carbocycles. The third-order valence-corrected chi connectivity index (χ3v) is 4.09. The molecule has 1 aromatic carbocycles. The van der Waals surface area contributed by atoms with Crippen molar-refractivity contribution in [3.05, 3.63) is 54.0 Å². The Kier molecular flexibility index (Phi) is 2.75. The van der Waals surface area contributed by atoms with Crippen LogP contribution in [0.5, 0.6) is 0 Å². The van der Waals surface area contributed by atoms with Crippen LogP contribution in [-0.2, 0) is 6.54 Å². The fourth-order valence-corrected chi connectivity index (χ4v) is 3.01. The maximum absolute atomic E-state index is 5.76. The van der Waals surface area contributed by atoms with Crippen molar-refractivity contribution < 1.29 is 4.42 Å². The van der Waals surface area contributed by atoms with Crippen LogP contribution in [0.25, 0.3) is 21.8 Å². The lowest BCUT2D eigenvalue weighted by Gasteiger charge is -2.02. The number of anilines is 1. The summed E-state index contributed by atoms with van der Waals surface area (Å²) < 4.78 is 7.79. The molecule has 2 N–H and O–H groups in total. The topological polar surface area (TPSA) is 69.9 Å². The van der Waals surface area contributed by atoms with Gasteiger partial charge in [0.15, 0.2) is 5.58 Å². The molecule has 0 saturated carbocycles. The number of fused-ring (bicyclic) bond motifs is 1. The summed E-state index contributed by atoms with van der Waals surface area (Å²) >= 11 is 1.66. The Balaban J connectivity index is 1.70. The number of hydrogen-bond donors (Lipinski definition) is 1. The van der Waals surface area contributed by atoms with Crippen LogP contribution in [0.4, 0.5) is 5.69 Å². The van der Waals surface area contributed by atoms with Gasteiger partial charge in [0.25, 0.3) is 0 Å². The summed E-state index contributed by atoms with van der Waals surface area (Å²) in [5.41, 5.74) is 7.96. The zero-order chi connectivity index (χ0) is 14.2. The molecule has 0 saturated heterocycles. The van der Waals surface area contributed by atoms with Gasteiger partial charge in [-0.3, -0.25) is 0 Å². The summed E-state index contributed by atoms with van der Waals surface area (Å²) in [6.07, 6.45) is 3.72. The Bertz CT molecular complexity index is 892. The summed E-state index contributed by atoms with van der Waals surface area (Å²) in [5.74, 6) is 1.57. The van der Waals surface area contributed by atoms with Crippen molar-refractivity contribution >= 4 is 28.1 Å². The first-order chi connectivity index (χ1) is 10.3. The number of imidazole rings is 1. The lowest BCUT2D eigenvalue weighted by molar-refractivity contribution is 0.510. The van der Waals surface area contributed by atoms with Crippen molar-refractivity contribution in [2.45, 2.75) is 6.54 Å². The first-order valence-corrected chi connectivity index (χ1v) is 7.37. The number of benzene rings is 1. The second-order valence-corrected chi connectivity index (χ2v) is 5.64. The van der Waals surface area contributed by atoms with Crippen LogP contribution in [-0.4, -0.2) is 14.5 Å². The van der Waals surface area contributed by atoms with E-state index in [1.54, 1.807) is 23.6 Å². The number of nitrogen functional groups attached to an aromatic ring is 1. The largest absolute Gasteiger partial charge is 0.439 e. The molecular formula is C15H12N4OS. The minimum atomic E-state index is 0.543. The average Bonchev–Trinajstić information content (AvgIpc) is 3.16. The highest BCUT2D eigenvalue weighted by atomic mass is 32.1. The van der Waals surface area contributed by atoms with Crippen LogP contribution in [0.1, 0.15) is 5.89 Å². The van der Waals surface area contributed by atoms with Crippen molar-refractivity contribution in [3.8, 4) is 10.7 Å². The van der Waals surface area contributed by atoms with Crippen molar-refractivity contribution in [1.82, 2.24) is 14.5 Å². The molecule has 0 aliphatic heterocycles. The van der Waals surface area contributed by atoms with Crippen LogP contribution in [0, 0.1) is 0 Å². The first-order valence-electron chi connectivity index (χ1n) is 6.49. The van der Waals surface area contributed by atoms with Gasteiger partial charge in [0.05, 0.1) is 4.88 Å². The Morgan fingerprint density at radius 1 is 1.29 bits per heavy atom. The number of rotatable bonds is 3. The van der Waals surface area contributed by atoms with Gasteiger partial charge >= 0.3 is 0 Å². The van der Waals surface area contributed by atoms with Crippen LogP contribution >= 0.6 is 11.3 Å². The standard InChI is InChI=1S/C15H12N4OS/c16-10-3-4-11-12(8-10)20-14(18-11)9-19-6-5-17-15(19)13-2-1-7-21-13/h1-8H,9,16H2. The zero-order valence-electron chi connectivity index (χ0n) is 11.1. The molecule has 104 valence electrons. The molecule has 0 aliphatic rings. The molecule has 21 heavy (non-hydrogen) atoms. The normalized spacial score (nSPS) is 11.2. The van der Waals surface area contributed by atoms with Gasteiger partial charge in [-0.2, -0.15) is 0 Å². The van der Waals surface area contributed by atoms with E-state index in [1.165, 1.54) is 0 Å². The monoisotopic (exact) mass is 296 g/mol. The van der Waals surface area contributed by atoms with Gasteiger partial charge in [-0.15, -0.1) is 11.3 Å². The second kappa shape index (κ2) is 4.75. The van der Waals surface area contributed by atoms with Crippen LogP contribution in [0.15, 0.2) is 52.5 Å². The highest BCUT2D eigenvalue weighted by molar-refractivity contribution is 7.13. The predicted molar refractivity (Wildman–Crippen MR) is 83.1 cm³/mol. The number of nitrogens with two attached hydrogens (primary N) is 1. The molecule has 0 amide bonds. The summed E-state index contributed by atoms with van der Waals surface area (Å²) in [6.45, 7) is 0.543. The molecule has 3 aromatic heterocycles. The van der Waals surface area contributed by atoms with E-state index < -0.39 is 0 Å². The van der Waals surface area contributed by atoms with Crippen molar-refractivity contribution in [1.29, 1.82) is 0 Å². The smallest absolute Gasteiger partial charge is 0.215 e. The molecule has 0 spiro atoms.